The first kappa shape index (κ1) is 12.7. The van der Waals surface area contributed by atoms with Gasteiger partial charge in [0.25, 0.3) is 0 Å². The molecule has 1 atom stereocenters. The van der Waals surface area contributed by atoms with E-state index in [-0.39, 0.29) is 5.54 Å². The Kier molecular flexibility index (Phi) is 3.66. The summed E-state index contributed by atoms with van der Waals surface area (Å²) in [7, 11) is 0. The number of aromatic nitrogens is 1. The highest BCUT2D eigenvalue weighted by atomic mass is 79.9. The van der Waals surface area contributed by atoms with Crippen LogP contribution < -0.4 is 5.73 Å². The van der Waals surface area contributed by atoms with Gasteiger partial charge in [0, 0.05) is 27.5 Å². The first-order valence-corrected chi connectivity index (χ1v) is 7.10. The van der Waals surface area contributed by atoms with Gasteiger partial charge in [0.1, 0.15) is 0 Å². The maximum atomic E-state index is 6.38. The van der Waals surface area contributed by atoms with Crippen molar-refractivity contribution in [2.45, 2.75) is 25.8 Å². The molecule has 1 heterocycles. The third kappa shape index (κ3) is 3.15. The van der Waals surface area contributed by atoms with Crippen molar-refractivity contribution in [3.8, 4) is 0 Å². The van der Waals surface area contributed by atoms with Crippen molar-refractivity contribution in [2.75, 3.05) is 0 Å². The SMILES string of the molecule is Cc1csc(CC(C)(N)c2ccc(Br)cc2)n1. The molecule has 0 aliphatic carbocycles. The average Bonchev–Trinajstić information content (AvgIpc) is 2.63. The van der Waals surface area contributed by atoms with Crippen molar-refractivity contribution < 1.29 is 0 Å². The third-order valence-corrected chi connectivity index (χ3v) is 4.18. The number of hydrogen-bond acceptors (Lipinski definition) is 3. The van der Waals surface area contributed by atoms with E-state index in [1.165, 1.54) is 0 Å². The van der Waals surface area contributed by atoms with Gasteiger partial charge in [-0.1, -0.05) is 28.1 Å². The number of rotatable bonds is 3. The molecule has 0 saturated carbocycles. The largest absolute Gasteiger partial charge is 0.321 e. The van der Waals surface area contributed by atoms with E-state index in [1.807, 2.05) is 26.0 Å². The summed E-state index contributed by atoms with van der Waals surface area (Å²) in [6.45, 7) is 4.06. The molecule has 2 aromatic rings. The molecular formula is C13H15BrN2S. The number of thiazole rings is 1. The predicted octanol–water partition coefficient (Wildman–Crippen LogP) is 3.63. The Morgan fingerprint density at radius 2 is 2.00 bits per heavy atom. The molecule has 0 amide bonds. The molecule has 1 unspecified atom stereocenters. The fraction of sp³-hybridized carbons (Fsp3) is 0.308. The van der Waals surface area contributed by atoms with E-state index in [1.54, 1.807) is 11.3 Å². The van der Waals surface area contributed by atoms with E-state index in [2.05, 4.69) is 38.4 Å². The quantitative estimate of drug-likeness (QED) is 0.940. The molecule has 17 heavy (non-hydrogen) atoms. The molecule has 0 spiro atoms. The minimum atomic E-state index is -0.370. The molecule has 1 aromatic carbocycles. The minimum Gasteiger partial charge on any atom is -0.321 e. The number of halogens is 1. The summed E-state index contributed by atoms with van der Waals surface area (Å²) in [5, 5.41) is 3.16. The summed E-state index contributed by atoms with van der Waals surface area (Å²) >= 11 is 5.11. The minimum absolute atomic E-state index is 0.370. The van der Waals surface area contributed by atoms with Crippen LogP contribution in [0.4, 0.5) is 0 Å². The van der Waals surface area contributed by atoms with Gasteiger partial charge in [0.05, 0.1) is 5.01 Å². The van der Waals surface area contributed by atoms with Crippen molar-refractivity contribution in [3.05, 3.63) is 50.4 Å². The zero-order valence-electron chi connectivity index (χ0n) is 9.90. The van der Waals surface area contributed by atoms with E-state index in [0.29, 0.717) is 0 Å². The van der Waals surface area contributed by atoms with Crippen LogP contribution in [0.1, 0.15) is 23.2 Å². The molecule has 0 saturated heterocycles. The van der Waals surface area contributed by atoms with Crippen LogP contribution in [0.2, 0.25) is 0 Å². The molecule has 0 fully saturated rings. The average molecular weight is 311 g/mol. The zero-order chi connectivity index (χ0) is 12.5. The van der Waals surface area contributed by atoms with E-state index in [9.17, 15) is 0 Å². The smallest absolute Gasteiger partial charge is 0.0949 e. The molecule has 90 valence electrons. The lowest BCUT2D eigenvalue weighted by Gasteiger charge is -2.24. The Bertz CT molecular complexity index is 502. The Balaban J connectivity index is 2.21. The van der Waals surface area contributed by atoms with Crippen LogP contribution in [0.25, 0.3) is 0 Å². The highest BCUT2D eigenvalue weighted by Gasteiger charge is 2.23. The van der Waals surface area contributed by atoms with E-state index in [0.717, 1.165) is 27.2 Å². The van der Waals surface area contributed by atoms with Crippen LogP contribution in [0, 0.1) is 6.92 Å². The molecule has 1 aromatic heterocycles. The molecular weight excluding hydrogens is 296 g/mol. The molecule has 2 rings (SSSR count). The van der Waals surface area contributed by atoms with Gasteiger partial charge in [-0.05, 0) is 31.5 Å². The number of aryl methyl sites for hydroxylation is 1. The summed E-state index contributed by atoms with van der Waals surface area (Å²) in [6.07, 6.45) is 0.771. The van der Waals surface area contributed by atoms with Crippen molar-refractivity contribution in [3.63, 3.8) is 0 Å². The van der Waals surface area contributed by atoms with Gasteiger partial charge in [-0.2, -0.15) is 0 Å². The molecule has 2 N–H and O–H groups in total. The van der Waals surface area contributed by atoms with Crippen molar-refractivity contribution in [1.29, 1.82) is 0 Å². The van der Waals surface area contributed by atoms with Gasteiger partial charge in [-0.15, -0.1) is 11.3 Å². The Labute approximate surface area is 114 Å². The van der Waals surface area contributed by atoms with E-state index >= 15 is 0 Å². The molecule has 0 bridgehead atoms. The van der Waals surface area contributed by atoms with Crippen LogP contribution in [0.3, 0.4) is 0 Å². The summed E-state index contributed by atoms with van der Waals surface area (Å²) in [5.41, 5.74) is 8.21. The van der Waals surface area contributed by atoms with Gasteiger partial charge in [-0.3, -0.25) is 0 Å². The topological polar surface area (TPSA) is 38.9 Å². The molecule has 4 heteroatoms. The van der Waals surface area contributed by atoms with Gasteiger partial charge in [0.2, 0.25) is 0 Å². The van der Waals surface area contributed by atoms with Crippen molar-refractivity contribution in [1.82, 2.24) is 4.98 Å². The maximum Gasteiger partial charge on any atom is 0.0949 e. The van der Waals surface area contributed by atoms with Crippen LogP contribution in [-0.2, 0) is 12.0 Å². The summed E-state index contributed by atoms with van der Waals surface area (Å²) in [4.78, 5) is 4.47. The Morgan fingerprint density at radius 1 is 1.35 bits per heavy atom. The second kappa shape index (κ2) is 4.88. The van der Waals surface area contributed by atoms with Gasteiger partial charge in [0.15, 0.2) is 0 Å². The zero-order valence-corrected chi connectivity index (χ0v) is 12.3. The first-order valence-electron chi connectivity index (χ1n) is 5.43. The lowest BCUT2D eigenvalue weighted by molar-refractivity contribution is 0.490. The van der Waals surface area contributed by atoms with E-state index in [4.69, 9.17) is 5.73 Å². The van der Waals surface area contributed by atoms with Crippen LogP contribution in [0.15, 0.2) is 34.1 Å². The molecule has 0 radical (unpaired) electrons. The number of nitrogens with zero attached hydrogens (tertiary/aromatic N) is 1. The van der Waals surface area contributed by atoms with Gasteiger partial charge < -0.3 is 5.73 Å². The second-order valence-electron chi connectivity index (χ2n) is 4.48. The van der Waals surface area contributed by atoms with E-state index < -0.39 is 0 Å². The fourth-order valence-corrected chi connectivity index (χ4v) is 2.93. The fourth-order valence-electron chi connectivity index (χ4n) is 1.73. The van der Waals surface area contributed by atoms with Crippen molar-refractivity contribution >= 4 is 27.3 Å². The Hall–Kier alpha value is -0.710. The van der Waals surface area contributed by atoms with Gasteiger partial charge >= 0.3 is 0 Å². The monoisotopic (exact) mass is 310 g/mol. The van der Waals surface area contributed by atoms with Crippen LogP contribution >= 0.6 is 27.3 Å². The highest BCUT2D eigenvalue weighted by Crippen LogP contribution is 2.25. The lowest BCUT2D eigenvalue weighted by atomic mass is 9.90. The molecule has 0 aliphatic rings. The number of benzene rings is 1. The summed E-state index contributed by atoms with van der Waals surface area (Å²) < 4.78 is 1.07. The standard InChI is InChI=1S/C13H15BrN2S/c1-9-8-17-12(16-9)7-13(2,15)10-3-5-11(14)6-4-10/h3-6,8H,7,15H2,1-2H3. The first-order chi connectivity index (χ1) is 7.97. The molecule has 0 aliphatic heterocycles. The Morgan fingerprint density at radius 3 is 2.53 bits per heavy atom. The number of hydrogen-bond donors (Lipinski definition) is 1. The third-order valence-electron chi connectivity index (χ3n) is 2.69. The van der Waals surface area contributed by atoms with Crippen molar-refractivity contribution in [2.24, 2.45) is 5.73 Å². The summed E-state index contributed by atoms with van der Waals surface area (Å²) in [5.74, 6) is 0. The lowest BCUT2D eigenvalue weighted by Crippen LogP contribution is -2.35. The normalized spacial score (nSPS) is 14.6. The highest BCUT2D eigenvalue weighted by molar-refractivity contribution is 9.10. The predicted molar refractivity (Wildman–Crippen MR) is 76.2 cm³/mol. The number of nitrogens with two attached hydrogens (primary N) is 1. The van der Waals surface area contributed by atoms with Crippen LogP contribution in [0.5, 0.6) is 0 Å². The molecule has 2 nitrogen and oxygen atoms in total. The van der Waals surface area contributed by atoms with Crippen LogP contribution in [-0.4, -0.2) is 4.98 Å². The maximum absolute atomic E-state index is 6.38. The second-order valence-corrected chi connectivity index (χ2v) is 6.34. The van der Waals surface area contributed by atoms with Gasteiger partial charge in [-0.25, -0.2) is 4.98 Å². The summed E-state index contributed by atoms with van der Waals surface area (Å²) in [6, 6.07) is 8.16.